The largest absolute Gasteiger partial charge is 0.485 e. The lowest BCUT2D eigenvalue weighted by Gasteiger charge is -2.20. The number of nitrogens with zero attached hydrogens (tertiary/aromatic N) is 1. The SMILES string of the molecule is O=C1CC(S(=O)(=O)Cl)CN1c1ccccc1OCC(F)F. The van der Waals surface area contributed by atoms with E-state index in [0.717, 1.165) is 0 Å². The molecule has 9 heteroatoms. The first-order valence-electron chi connectivity index (χ1n) is 6.03. The van der Waals surface area contributed by atoms with E-state index in [9.17, 15) is 22.0 Å². The smallest absolute Gasteiger partial charge is 0.272 e. The van der Waals surface area contributed by atoms with Crippen molar-refractivity contribution in [1.82, 2.24) is 0 Å². The second-order valence-electron chi connectivity index (χ2n) is 4.48. The molecule has 1 amide bonds. The minimum Gasteiger partial charge on any atom is -0.485 e. The molecule has 0 N–H and O–H groups in total. The minimum absolute atomic E-state index is 0.0961. The number of halogens is 3. The van der Waals surface area contributed by atoms with Gasteiger partial charge in [0.2, 0.25) is 15.0 Å². The fourth-order valence-corrected chi connectivity index (χ4v) is 3.08. The van der Waals surface area contributed by atoms with Gasteiger partial charge in [0.25, 0.3) is 6.43 Å². The Hall–Kier alpha value is -1.41. The van der Waals surface area contributed by atoms with Crippen LogP contribution in [0.1, 0.15) is 6.42 Å². The third-order valence-electron chi connectivity index (χ3n) is 3.01. The van der Waals surface area contributed by atoms with E-state index < -0.39 is 33.2 Å². The average Bonchev–Trinajstić information content (AvgIpc) is 2.78. The summed E-state index contributed by atoms with van der Waals surface area (Å²) in [6.45, 7) is -0.935. The van der Waals surface area contributed by atoms with Crippen molar-refractivity contribution in [3.63, 3.8) is 0 Å². The van der Waals surface area contributed by atoms with E-state index in [1.54, 1.807) is 12.1 Å². The number of rotatable bonds is 5. The molecule has 1 fully saturated rings. The average molecular weight is 340 g/mol. The predicted molar refractivity (Wildman–Crippen MR) is 73.5 cm³/mol. The van der Waals surface area contributed by atoms with E-state index in [1.807, 2.05) is 0 Å². The molecule has 0 aromatic heterocycles. The van der Waals surface area contributed by atoms with Gasteiger partial charge in [-0.25, -0.2) is 17.2 Å². The van der Waals surface area contributed by atoms with Gasteiger partial charge in [-0.05, 0) is 12.1 Å². The van der Waals surface area contributed by atoms with Gasteiger partial charge in [0.15, 0.2) is 0 Å². The van der Waals surface area contributed by atoms with Gasteiger partial charge in [0.05, 0.1) is 5.69 Å². The summed E-state index contributed by atoms with van der Waals surface area (Å²) in [5.74, 6) is -0.351. The second kappa shape index (κ2) is 6.15. The zero-order chi connectivity index (χ0) is 15.6. The molecule has 1 aliphatic heterocycles. The van der Waals surface area contributed by atoms with Gasteiger partial charge < -0.3 is 9.64 Å². The summed E-state index contributed by atoms with van der Waals surface area (Å²) in [5.41, 5.74) is 0.256. The van der Waals surface area contributed by atoms with Crippen molar-refractivity contribution in [3.05, 3.63) is 24.3 Å². The normalized spacial score (nSPS) is 19.3. The molecule has 21 heavy (non-hydrogen) atoms. The van der Waals surface area contributed by atoms with E-state index >= 15 is 0 Å². The number of ether oxygens (including phenoxy) is 1. The molecule has 0 spiro atoms. The Bertz CT molecular complexity index is 638. The summed E-state index contributed by atoms with van der Waals surface area (Å²) < 4.78 is 52.0. The van der Waals surface area contributed by atoms with E-state index in [-0.39, 0.29) is 24.4 Å². The Kier molecular flexibility index (Phi) is 4.67. The number of carbonyl (C=O) groups excluding carboxylic acids is 1. The van der Waals surface area contributed by atoms with E-state index in [0.29, 0.717) is 0 Å². The van der Waals surface area contributed by atoms with Gasteiger partial charge in [-0.3, -0.25) is 4.79 Å². The Morgan fingerprint density at radius 1 is 1.38 bits per heavy atom. The third kappa shape index (κ3) is 3.82. The van der Waals surface area contributed by atoms with Crippen LogP contribution >= 0.6 is 10.7 Å². The lowest BCUT2D eigenvalue weighted by Crippen LogP contribution is -2.27. The van der Waals surface area contributed by atoms with Gasteiger partial charge in [0, 0.05) is 23.6 Å². The predicted octanol–water partition coefficient (Wildman–Crippen LogP) is 2.00. The highest BCUT2D eigenvalue weighted by molar-refractivity contribution is 8.14. The lowest BCUT2D eigenvalue weighted by molar-refractivity contribution is -0.117. The first-order valence-corrected chi connectivity index (χ1v) is 8.40. The number of carbonyl (C=O) groups is 1. The lowest BCUT2D eigenvalue weighted by atomic mass is 10.2. The van der Waals surface area contributed by atoms with Crippen LogP contribution in [0.2, 0.25) is 0 Å². The molecule has 1 aliphatic rings. The van der Waals surface area contributed by atoms with Crippen LogP contribution in [0.25, 0.3) is 0 Å². The molecule has 0 saturated carbocycles. The van der Waals surface area contributed by atoms with Crippen molar-refractivity contribution in [2.24, 2.45) is 0 Å². The van der Waals surface area contributed by atoms with Gasteiger partial charge in [-0.1, -0.05) is 12.1 Å². The van der Waals surface area contributed by atoms with Crippen molar-refractivity contribution in [3.8, 4) is 5.75 Å². The third-order valence-corrected chi connectivity index (χ3v) is 4.88. The highest BCUT2D eigenvalue weighted by Gasteiger charge is 2.38. The maximum absolute atomic E-state index is 12.2. The molecule has 2 rings (SSSR count). The highest BCUT2D eigenvalue weighted by Crippen LogP contribution is 2.33. The summed E-state index contributed by atoms with van der Waals surface area (Å²) in [4.78, 5) is 13.1. The Labute approximate surface area is 124 Å². The number of amides is 1. The number of alkyl halides is 2. The van der Waals surface area contributed by atoms with Gasteiger partial charge in [-0.15, -0.1) is 0 Å². The standard InChI is InChI=1S/C12H12ClF2NO4S/c13-21(18,19)8-5-12(17)16(6-8)9-3-1-2-4-10(9)20-7-11(14)15/h1-4,8,11H,5-7H2. The van der Waals surface area contributed by atoms with Crippen molar-refractivity contribution in [2.45, 2.75) is 18.1 Å². The van der Waals surface area contributed by atoms with E-state index in [1.165, 1.54) is 17.0 Å². The molecule has 1 saturated heterocycles. The Balaban J connectivity index is 2.24. The monoisotopic (exact) mass is 339 g/mol. The second-order valence-corrected chi connectivity index (χ2v) is 7.38. The van der Waals surface area contributed by atoms with Crippen LogP contribution in [0.5, 0.6) is 5.75 Å². The van der Waals surface area contributed by atoms with Crippen LogP contribution in [-0.4, -0.2) is 39.2 Å². The topological polar surface area (TPSA) is 63.7 Å². The Morgan fingerprint density at radius 3 is 2.62 bits per heavy atom. The summed E-state index contributed by atoms with van der Waals surface area (Å²) in [6.07, 6.45) is -2.89. The molecular formula is C12H12ClF2NO4S. The molecule has 0 bridgehead atoms. The summed E-state index contributed by atoms with van der Waals surface area (Å²) in [6, 6.07) is 6.11. The molecule has 5 nitrogen and oxygen atoms in total. The molecule has 1 heterocycles. The van der Waals surface area contributed by atoms with E-state index in [2.05, 4.69) is 0 Å². The van der Waals surface area contributed by atoms with Crippen molar-refractivity contribution in [2.75, 3.05) is 18.1 Å². The summed E-state index contributed by atoms with van der Waals surface area (Å²) in [5, 5.41) is -1.02. The van der Waals surface area contributed by atoms with Crippen LogP contribution in [0.3, 0.4) is 0 Å². The van der Waals surface area contributed by atoms with Gasteiger partial charge in [-0.2, -0.15) is 0 Å². The summed E-state index contributed by atoms with van der Waals surface area (Å²) >= 11 is 0. The van der Waals surface area contributed by atoms with Crippen LogP contribution in [-0.2, 0) is 13.8 Å². The Morgan fingerprint density at radius 2 is 2.05 bits per heavy atom. The molecule has 1 atom stereocenters. The molecule has 116 valence electrons. The zero-order valence-electron chi connectivity index (χ0n) is 10.7. The fraction of sp³-hybridized carbons (Fsp3) is 0.417. The first kappa shape index (κ1) is 16.0. The summed E-state index contributed by atoms with van der Waals surface area (Å²) in [7, 11) is 1.40. The van der Waals surface area contributed by atoms with Crippen molar-refractivity contribution in [1.29, 1.82) is 0 Å². The molecule has 0 aliphatic carbocycles. The van der Waals surface area contributed by atoms with Crippen molar-refractivity contribution >= 4 is 31.3 Å². The highest BCUT2D eigenvalue weighted by atomic mass is 35.7. The number of hydrogen-bond acceptors (Lipinski definition) is 4. The van der Waals surface area contributed by atoms with E-state index in [4.69, 9.17) is 15.4 Å². The molecular weight excluding hydrogens is 328 g/mol. The molecule has 0 radical (unpaired) electrons. The van der Waals surface area contributed by atoms with Crippen LogP contribution in [0.4, 0.5) is 14.5 Å². The molecule has 1 aromatic rings. The van der Waals surface area contributed by atoms with Crippen molar-refractivity contribution < 1.29 is 26.7 Å². The molecule has 1 unspecified atom stereocenters. The van der Waals surface area contributed by atoms with Crippen LogP contribution in [0.15, 0.2) is 24.3 Å². The fourth-order valence-electron chi connectivity index (χ4n) is 2.05. The number of benzene rings is 1. The van der Waals surface area contributed by atoms with Gasteiger partial charge >= 0.3 is 0 Å². The van der Waals surface area contributed by atoms with Gasteiger partial charge in [0.1, 0.15) is 17.6 Å². The van der Waals surface area contributed by atoms with Crippen LogP contribution < -0.4 is 9.64 Å². The minimum atomic E-state index is -3.87. The number of para-hydroxylation sites is 2. The molecule has 1 aromatic carbocycles. The first-order chi connectivity index (χ1) is 9.79. The number of anilines is 1. The number of hydrogen-bond donors (Lipinski definition) is 0. The maximum atomic E-state index is 12.2. The maximum Gasteiger partial charge on any atom is 0.272 e. The zero-order valence-corrected chi connectivity index (χ0v) is 12.3. The quantitative estimate of drug-likeness (QED) is 0.770. The van der Waals surface area contributed by atoms with Crippen LogP contribution in [0, 0.1) is 0 Å².